The molecule has 1 unspecified atom stereocenters. The molecule has 0 spiro atoms. The maximum absolute atomic E-state index is 8.43. The lowest BCUT2D eigenvalue weighted by atomic mass is 10.0. The molecule has 1 atom stereocenters. The third-order valence-corrected chi connectivity index (χ3v) is 2.97. The van der Waals surface area contributed by atoms with E-state index in [1.165, 1.54) is 12.8 Å². The van der Waals surface area contributed by atoms with E-state index in [0.29, 0.717) is 24.2 Å². The number of hydrogen-bond acceptors (Lipinski definition) is 3. The molecule has 0 amide bonds. The maximum Gasteiger partial charge on any atom is 0.140 e. The number of hydrogen-bond donors (Lipinski definition) is 2. The second kappa shape index (κ2) is 5.20. The number of rotatable bonds is 4. The Labute approximate surface area is 85.8 Å². The van der Waals surface area contributed by atoms with Gasteiger partial charge in [-0.3, -0.25) is 4.90 Å². The van der Waals surface area contributed by atoms with E-state index in [0.717, 1.165) is 13.1 Å². The smallest absolute Gasteiger partial charge is 0.140 e. The minimum absolute atomic E-state index is 0.333. The second-order valence-corrected chi connectivity index (χ2v) is 4.33. The van der Waals surface area contributed by atoms with Gasteiger partial charge in [-0.25, -0.2) is 0 Å². The van der Waals surface area contributed by atoms with Gasteiger partial charge in [-0.2, -0.15) is 0 Å². The molecule has 0 aliphatic carbocycles. The highest BCUT2D eigenvalue weighted by molar-refractivity contribution is 5.79. The number of amidine groups is 1. The van der Waals surface area contributed by atoms with Crippen LogP contribution in [0.5, 0.6) is 0 Å². The van der Waals surface area contributed by atoms with Crippen LogP contribution in [0.3, 0.4) is 0 Å². The Morgan fingerprint density at radius 1 is 1.64 bits per heavy atom. The monoisotopic (exact) mass is 199 g/mol. The van der Waals surface area contributed by atoms with Crippen LogP contribution in [0.1, 0.15) is 33.1 Å². The summed E-state index contributed by atoms with van der Waals surface area (Å²) in [6, 6.07) is 0.682. The molecule has 0 aromatic carbocycles. The third-order valence-electron chi connectivity index (χ3n) is 2.97. The number of nitrogens with two attached hydrogens (primary N) is 1. The first-order valence-electron chi connectivity index (χ1n) is 5.35. The van der Waals surface area contributed by atoms with Crippen LogP contribution in [0, 0.1) is 5.92 Å². The van der Waals surface area contributed by atoms with Crippen molar-refractivity contribution >= 4 is 5.84 Å². The summed E-state index contributed by atoms with van der Waals surface area (Å²) in [6.07, 6.45) is 3.23. The van der Waals surface area contributed by atoms with Crippen LogP contribution in [0.15, 0.2) is 5.16 Å². The van der Waals surface area contributed by atoms with Gasteiger partial charge >= 0.3 is 0 Å². The number of nitrogens with zero attached hydrogens (tertiary/aromatic N) is 2. The van der Waals surface area contributed by atoms with Crippen LogP contribution in [0.25, 0.3) is 0 Å². The lowest BCUT2D eigenvalue weighted by molar-refractivity contribution is 0.211. The molecular weight excluding hydrogens is 178 g/mol. The van der Waals surface area contributed by atoms with Crippen LogP contribution in [0.4, 0.5) is 0 Å². The Hall–Kier alpha value is -0.770. The number of likely N-dealkylation sites (tertiary alicyclic amines) is 1. The summed E-state index contributed by atoms with van der Waals surface area (Å²) in [4.78, 5) is 2.45. The molecule has 0 aromatic heterocycles. The molecule has 0 aromatic rings. The quantitative estimate of drug-likeness (QED) is 0.310. The van der Waals surface area contributed by atoms with Crippen LogP contribution in [-0.2, 0) is 0 Å². The zero-order chi connectivity index (χ0) is 10.6. The normalized spacial score (nSPS) is 24.8. The lowest BCUT2D eigenvalue weighted by Crippen LogP contribution is -2.35. The van der Waals surface area contributed by atoms with E-state index in [-0.39, 0.29) is 0 Å². The van der Waals surface area contributed by atoms with Gasteiger partial charge in [0.25, 0.3) is 0 Å². The van der Waals surface area contributed by atoms with Crippen molar-refractivity contribution in [1.29, 1.82) is 0 Å². The van der Waals surface area contributed by atoms with Gasteiger partial charge in [0.15, 0.2) is 0 Å². The van der Waals surface area contributed by atoms with Gasteiger partial charge in [0.1, 0.15) is 5.84 Å². The third kappa shape index (κ3) is 2.87. The van der Waals surface area contributed by atoms with Crippen molar-refractivity contribution in [2.45, 2.75) is 39.2 Å². The van der Waals surface area contributed by atoms with Crippen molar-refractivity contribution in [3.05, 3.63) is 0 Å². The molecule has 14 heavy (non-hydrogen) atoms. The standard InChI is InChI=1S/C10H21N3O/c1-8(2)9-4-3-6-13(9)7-5-10(11)12-14/h8-9,14H,3-7H2,1-2H3,(H2,11,12). The molecule has 1 aliphatic rings. The molecule has 0 saturated carbocycles. The van der Waals surface area contributed by atoms with E-state index in [1.54, 1.807) is 0 Å². The Balaban J connectivity index is 2.36. The Morgan fingerprint density at radius 2 is 2.36 bits per heavy atom. The number of oxime groups is 1. The van der Waals surface area contributed by atoms with Crippen molar-refractivity contribution in [2.24, 2.45) is 16.8 Å². The molecule has 3 N–H and O–H groups in total. The second-order valence-electron chi connectivity index (χ2n) is 4.33. The molecule has 1 rings (SSSR count). The predicted molar refractivity (Wildman–Crippen MR) is 57.5 cm³/mol. The molecule has 1 aliphatic heterocycles. The van der Waals surface area contributed by atoms with Gasteiger partial charge in [-0.05, 0) is 25.3 Å². The van der Waals surface area contributed by atoms with E-state index in [1.807, 2.05) is 0 Å². The molecule has 1 fully saturated rings. The van der Waals surface area contributed by atoms with Gasteiger partial charge in [0, 0.05) is 19.0 Å². The van der Waals surface area contributed by atoms with E-state index in [2.05, 4.69) is 23.9 Å². The van der Waals surface area contributed by atoms with Crippen LogP contribution in [-0.4, -0.2) is 35.1 Å². The van der Waals surface area contributed by atoms with Crippen LogP contribution < -0.4 is 5.73 Å². The molecule has 4 nitrogen and oxygen atoms in total. The van der Waals surface area contributed by atoms with Crippen molar-refractivity contribution in [2.75, 3.05) is 13.1 Å². The molecule has 1 saturated heterocycles. The van der Waals surface area contributed by atoms with E-state index >= 15 is 0 Å². The summed E-state index contributed by atoms with van der Waals surface area (Å²) in [6.45, 7) is 6.58. The van der Waals surface area contributed by atoms with Crippen molar-refractivity contribution in [3.63, 3.8) is 0 Å². The highest BCUT2D eigenvalue weighted by Crippen LogP contribution is 2.23. The van der Waals surface area contributed by atoms with E-state index < -0.39 is 0 Å². The summed E-state index contributed by atoms with van der Waals surface area (Å²) >= 11 is 0. The van der Waals surface area contributed by atoms with Gasteiger partial charge < -0.3 is 10.9 Å². The summed E-state index contributed by atoms with van der Waals surface area (Å²) in [5.74, 6) is 1.03. The zero-order valence-corrected chi connectivity index (χ0v) is 9.11. The predicted octanol–water partition coefficient (Wildman–Crippen LogP) is 1.24. The summed E-state index contributed by atoms with van der Waals surface area (Å²) in [5, 5.41) is 11.4. The molecular formula is C10H21N3O. The topological polar surface area (TPSA) is 61.8 Å². The van der Waals surface area contributed by atoms with Gasteiger partial charge in [-0.15, -0.1) is 0 Å². The fourth-order valence-corrected chi connectivity index (χ4v) is 2.19. The molecule has 0 bridgehead atoms. The first kappa shape index (κ1) is 11.3. The Kier molecular flexibility index (Phi) is 4.20. The van der Waals surface area contributed by atoms with Gasteiger partial charge in [-0.1, -0.05) is 19.0 Å². The molecule has 82 valence electrons. The van der Waals surface area contributed by atoms with Crippen molar-refractivity contribution in [3.8, 4) is 0 Å². The largest absolute Gasteiger partial charge is 0.409 e. The molecule has 4 heteroatoms. The molecule has 0 radical (unpaired) electrons. The lowest BCUT2D eigenvalue weighted by Gasteiger charge is -2.27. The van der Waals surface area contributed by atoms with Crippen LogP contribution >= 0.6 is 0 Å². The Morgan fingerprint density at radius 3 is 2.93 bits per heavy atom. The first-order valence-corrected chi connectivity index (χ1v) is 5.35. The fraction of sp³-hybridized carbons (Fsp3) is 0.900. The fourth-order valence-electron chi connectivity index (χ4n) is 2.19. The minimum atomic E-state index is 0.333. The van der Waals surface area contributed by atoms with E-state index in [9.17, 15) is 0 Å². The summed E-state index contributed by atoms with van der Waals surface area (Å²) in [7, 11) is 0. The average molecular weight is 199 g/mol. The minimum Gasteiger partial charge on any atom is -0.409 e. The summed E-state index contributed by atoms with van der Waals surface area (Å²) < 4.78 is 0. The van der Waals surface area contributed by atoms with Gasteiger partial charge in [0.2, 0.25) is 0 Å². The van der Waals surface area contributed by atoms with Crippen molar-refractivity contribution < 1.29 is 5.21 Å². The highest BCUT2D eigenvalue weighted by Gasteiger charge is 2.26. The Bertz CT molecular complexity index is 204. The molecule has 1 heterocycles. The summed E-state index contributed by atoms with van der Waals surface area (Å²) in [5.41, 5.74) is 5.45. The average Bonchev–Trinajstić information content (AvgIpc) is 2.62. The van der Waals surface area contributed by atoms with Crippen molar-refractivity contribution in [1.82, 2.24) is 4.90 Å². The zero-order valence-electron chi connectivity index (χ0n) is 9.11. The van der Waals surface area contributed by atoms with Crippen LogP contribution in [0.2, 0.25) is 0 Å². The van der Waals surface area contributed by atoms with Gasteiger partial charge in [0.05, 0.1) is 0 Å². The highest BCUT2D eigenvalue weighted by atomic mass is 16.4. The van der Waals surface area contributed by atoms with E-state index in [4.69, 9.17) is 10.9 Å². The maximum atomic E-state index is 8.43. The first-order chi connectivity index (χ1) is 6.65. The SMILES string of the molecule is CC(C)C1CCCN1CCC(N)=NO.